The zero-order chi connectivity index (χ0) is 20.4. The van der Waals surface area contributed by atoms with Gasteiger partial charge in [-0.25, -0.2) is 22.5 Å². The zero-order valence-electron chi connectivity index (χ0n) is 16.0. The number of piperidine rings is 1. The van der Waals surface area contributed by atoms with Crippen molar-refractivity contribution >= 4 is 21.4 Å². The number of aromatic nitrogens is 1. The van der Waals surface area contributed by atoms with Crippen LogP contribution in [-0.4, -0.2) is 37.4 Å². The van der Waals surface area contributed by atoms with Gasteiger partial charge in [0.1, 0.15) is 11.6 Å². The molecule has 0 atom stereocenters. The molecule has 0 bridgehead atoms. The van der Waals surface area contributed by atoms with Crippen molar-refractivity contribution in [1.82, 2.24) is 14.6 Å². The molecule has 0 radical (unpaired) electrons. The first kappa shape index (κ1) is 20.2. The quantitative estimate of drug-likeness (QED) is 0.638. The molecule has 0 amide bonds. The molecule has 6 nitrogen and oxygen atoms in total. The van der Waals surface area contributed by atoms with Crippen molar-refractivity contribution in [3.8, 4) is 10.8 Å². The van der Waals surface area contributed by atoms with Gasteiger partial charge in [0.2, 0.25) is 10.0 Å². The smallest absolute Gasteiger partial charge is 0.240 e. The standard InChI is InChI=1S/C20H22FN3O3S2/c1-14-2-7-19(27-14)20-22-17(13-28-20)12-24-10-8-16(9-11-24)23-29(25,26)18-5-3-15(21)4-6-18/h2-7,13,16,23H,8-12H2,1H3. The number of hydrogen-bond acceptors (Lipinski definition) is 6. The molecule has 29 heavy (non-hydrogen) atoms. The van der Waals surface area contributed by atoms with Crippen LogP contribution < -0.4 is 4.72 Å². The van der Waals surface area contributed by atoms with Crippen LogP contribution >= 0.6 is 11.3 Å². The van der Waals surface area contributed by atoms with E-state index in [2.05, 4.69) is 14.6 Å². The Hall–Kier alpha value is -2.07. The number of aryl methyl sites for hydroxylation is 1. The lowest BCUT2D eigenvalue weighted by Crippen LogP contribution is -2.44. The largest absolute Gasteiger partial charge is 0.459 e. The predicted octanol–water partition coefficient (Wildman–Crippen LogP) is 3.79. The molecule has 1 N–H and O–H groups in total. The highest BCUT2D eigenvalue weighted by Crippen LogP contribution is 2.26. The molecule has 1 saturated heterocycles. The van der Waals surface area contributed by atoms with E-state index in [1.54, 1.807) is 11.3 Å². The highest BCUT2D eigenvalue weighted by Gasteiger charge is 2.25. The number of nitrogens with zero attached hydrogens (tertiary/aromatic N) is 2. The lowest BCUT2D eigenvalue weighted by molar-refractivity contribution is 0.198. The molecule has 4 rings (SSSR count). The third-order valence-corrected chi connectivity index (χ3v) is 7.36. The van der Waals surface area contributed by atoms with Gasteiger partial charge in [0.05, 0.1) is 10.6 Å². The average Bonchev–Trinajstić information content (AvgIpc) is 3.32. The summed E-state index contributed by atoms with van der Waals surface area (Å²) in [4.78, 5) is 7.01. The molecular weight excluding hydrogens is 413 g/mol. The monoisotopic (exact) mass is 435 g/mol. The summed E-state index contributed by atoms with van der Waals surface area (Å²) in [6.07, 6.45) is 1.43. The van der Waals surface area contributed by atoms with Gasteiger partial charge in [-0.2, -0.15) is 0 Å². The molecule has 2 aromatic heterocycles. The Morgan fingerprint density at radius 3 is 2.59 bits per heavy atom. The van der Waals surface area contributed by atoms with Crippen LogP contribution in [0, 0.1) is 12.7 Å². The van der Waals surface area contributed by atoms with Gasteiger partial charge in [-0.05, 0) is 56.2 Å². The van der Waals surface area contributed by atoms with Crippen molar-refractivity contribution in [3.05, 3.63) is 59.0 Å². The molecule has 0 spiro atoms. The summed E-state index contributed by atoms with van der Waals surface area (Å²) in [6, 6.07) is 8.61. The number of nitrogens with one attached hydrogen (secondary N) is 1. The van der Waals surface area contributed by atoms with Crippen LogP contribution in [-0.2, 0) is 16.6 Å². The first-order valence-corrected chi connectivity index (χ1v) is 11.8. The Morgan fingerprint density at radius 2 is 1.93 bits per heavy atom. The van der Waals surface area contributed by atoms with Gasteiger partial charge >= 0.3 is 0 Å². The van der Waals surface area contributed by atoms with E-state index in [9.17, 15) is 12.8 Å². The highest BCUT2D eigenvalue weighted by molar-refractivity contribution is 7.89. The van der Waals surface area contributed by atoms with Gasteiger partial charge in [-0.15, -0.1) is 11.3 Å². The summed E-state index contributed by atoms with van der Waals surface area (Å²) in [5.41, 5.74) is 0.990. The third kappa shape index (κ3) is 4.92. The summed E-state index contributed by atoms with van der Waals surface area (Å²) in [5, 5.41) is 2.91. The normalized spacial score (nSPS) is 16.3. The van der Waals surface area contributed by atoms with E-state index in [0.717, 1.165) is 66.8 Å². The SMILES string of the molecule is Cc1ccc(-c2nc(CN3CCC(NS(=O)(=O)c4ccc(F)cc4)CC3)cs2)o1. The highest BCUT2D eigenvalue weighted by atomic mass is 32.2. The summed E-state index contributed by atoms with van der Waals surface area (Å²) in [5.74, 6) is 1.19. The number of benzene rings is 1. The van der Waals surface area contributed by atoms with E-state index in [-0.39, 0.29) is 10.9 Å². The Labute approximate surface area is 173 Å². The molecule has 1 aliphatic heterocycles. The molecule has 0 aliphatic carbocycles. The first-order chi connectivity index (χ1) is 13.9. The number of furan rings is 1. The second-order valence-electron chi connectivity index (χ2n) is 7.18. The van der Waals surface area contributed by atoms with E-state index in [1.807, 2.05) is 24.4 Å². The van der Waals surface area contributed by atoms with Gasteiger partial charge in [0, 0.05) is 31.1 Å². The lowest BCUT2D eigenvalue weighted by Gasteiger charge is -2.31. The first-order valence-electron chi connectivity index (χ1n) is 9.40. The fourth-order valence-electron chi connectivity index (χ4n) is 3.38. The van der Waals surface area contributed by atoms with Gasteiger partial charge in [0.15, 0.2) is 10.8 Å². The van der Waals surface area contributed by atoms with Crippen molar-refractivity contribution < 1.29 is 17.2 Å². The molecule has 1 fully saturated rings. The van der Waals surface area contributed by atoms with Crippen molar-refractivity contribution in [2.45, 2.75) is 37.2 Å². The minimum atomic E-state index is -3.63. The van der Waals surface area contributed by atoms with Crippen LogP contribution in [0.25, 0.3) is 10.8 Å². The molecule has 9 heteroatoms. The second kappa shape index (κ2) is 8.35. The Kier molecular flexibility index (Phi) is 5.82. The van der Waals surface area contributed by atoms with E-state index < -0.39 is 15.8 Å². The molecule has 154 valence electrons. The van der Waals surface area contributed by atoms with Crippen LogP contribution in [0.3, 0.4) is 0 Å². The van der Waals surface area contributed by atoms with Crippen LogP contribution in [0.4, 0.5) is 4.39 Å². The fraction of sp³-hybridized carbons (Fsp3) is 0.350. The van der Waals surface area contributed by atoms with Gasteiger partial charge < -0.3 is 4.42 Å². The number of rotatable bonds is 6. The maximum Gasteiger partial charge on any atom is 0.240 e. The zero-order valence-corrected chi connectivity index (χ0v) is 17.6. The summed E-state index contributed by atoms with van der Waals surface area (Å²) < 4.78 is 46.3. The number of hydrogen-bond donors (Lipinski definition) is 1. The van der Waals surface area contributed by atoms with E-state index in [1.165, 1.54) is 12.1 Å². The summed E-state index contributed by atoms with van der Waals surface area (Å²) >= 11 is 1.56. The van der Waals surface area contributed by atoms with Crippen LogP contribution in [0.5, 0.6) is 0 Å². The molecule has 1 aliphatic rings. The minimum absolute atomic E-state index is 0.0875. The molecule has 0 unspecified atom stereocenters. The third-order valence-electron chi connectivity index (χ3n) is 4.92. The molecule has 3 heterocycles. The second-order valence-corrected chi connectivity index (χ2v) is 9.75. The Balaban J connectivity index is 1.30. The van der Waals surface area contributed by atoms with Gasteiger partial charge in [-0.3, -0.25) is 4.90 Å². The van der Waals surface area contributed by atoms with Crippen LogP contribution in [0.15, 0.2) is 51.1 Å². The van der Waals surface area contributed by atoms with Crippen molar-refractivity contribution in [2.75, 3.05) is 13.1 Å². The number of sulfonamides is 1. The average molecular weight is 436 g/mol. The molecule has 0 saturated carbocycles. The van der Waals surface area contributed by atoms with Crippen LogP contribution in [0.1, 0.15) is 24.3 Å². The number of halogens is 1. The molecular formula is C20H22FN3O3S2. The Bertz CT molecular complexity index is 1070. The summed E-state index contributed by atoms with van der Waals surface area (Å²) in [6.45, 7) is 4.20. The van der Waals surface area contributed by atoms with Gasteiger partial charge in [0.25, 0.3) is 0 Å². The topological polar surface area (TPSA) is 75.4 Å². The maximum atomic E-state index is 13.0. The lowest BCUT2D eigenvalue weighted by atomic mass is 10.1. The Morgan fingerprint density at radius 1 is 1.21 bits per heavy atom. The maximum absolute atomic E-state index is 13.0. The fourth-order valence-corrected chi connectivity index (χ4v) is 5.46. The van der Waals surface area contributed by atoms with Crippen molar-refractivity contribution in [2.24, 2.45) is 0 Å². The van der Waals surface area contributed by atoms with E-state index >= 15 is 0 Å². The summed E-state index contributed by atoms with van der Waals surface area (Å²) in [7, 11) is -3.63. The molecule has 1 aromatic carbocycles. The number of thiazole rings is 1. The van der Waals surface area contributed by atoms with Crippen LogP contribution in [0.2, 0.25) is 0 Å². The predicted molar refractivity (Wildman–Crippen MR) is 110 cm³/mol. The van der Waals surface area contributed by atoms with E-state index in [0.29, 0.717) is 0 Å². The van der Waals surface area contributed by atoms with E-state index in [4.69, 9.17) is 4.42 Å². The van der Waals surface area contributed by atoms with Crippen molar-refractivity contribution in [3.63, 3.8) is 0 Å². The number of likely N-dealkylation sites (tertiary alicyclic amines) is 1. The minimum Gasteiger partial charge on any atom is -0.459 e. The van der Waals surface area contributed by atoms with Crippen molar-refractivity contribution in [1.29, 1.82) is 0 Å². The molecule has 3 aromatic rings. The van der Waals surface area contributed by atoms with Gasteiger partial charge in [-0.1, -0.05) is 0 Å².